The van der Waals surface area contributed by atoms with Crippen molar-refractivity contribution in [2.45, 2.75) is 45.3 Å². The summed E-state index contributed by atoms with van der Waals surface area (Å²) in [6.45, 7) is 7.56. The Morgan fingerprint density at radius 3 is 2.68 bits per heavy atom. The molecule has 1 N–H and O–H groups in total. The summed E-state index contributed by atoms with van der Waals surface area (Å²) in [5.41, 5.74) is 2.30. The van der Waals surface area contributed by atoms with Gasteiger partial charge in [-0.1, -0.05) is 24.8 Å². The molecule has 0 spiro atoms. The molecule has 1 heterocycles. The number of ether oxygens (including phenoxy) is 1. The summed E-state index contributed by atoms with van der Waals surface area (Å²) in [5, 5.41) is 7.33. The first-order chi connectivity index (χ1) is 10.6. The van der Waals surface area contributed by atoms with E-state index in [-0.39, 0.29) is 5.69 Å². The third kappa shape index (κ3) is 4.66. The first-order valence-electron chi connectivity index (χ1n) is 7.59. The number of H-pyrrole nitrogens is 1. The third-order valence-corrected chi connectivity index (χ3v) is 4.22. The highest BCUT2D eigenvalue weighted by Crippen LogP contribution is 2.18. The molecule has 120 valence electrons. The molecule has 6 heteroatoms. The van der Waals surface area contributed by atoms with Crippen LogP contribution in [0.1, 0.15) is 30.9 Å². The first kappa shape index (κ1) is 16.7. The minimum atomic E-state index is -0.129. The van der Waals surface area contributed by atoms with E-state index in [1.54, 1.807) is 16.3 Å². The second kappa shape index (κ2) is 8.08. The average molecular weight is 321 g/mol. The van der Waals surface area contributed by atoms with E-state index in [1.165, 1.54) is 11.1 Å². The Hall–Kier alpha value is -1.69. The predicted molar refractivity (Wildman–Crippen MR) is 89.9 cm³/mol. The van der Waals surface area contributed by atoms with Crippen LogP contribution < -0.4 is 10.4 Å². The van der Waals surface area contributed by atoms with Gasteiger partial charge in [-0.25, -0.2) is 9.89 Å². The van der Waals surface area contributed by atoms with Crippen molar-refractivity contribution in [1.82, 2.24) is 14.8 Å². The van der Waals surface area contributed by atoms with Gasteiger partial charge in [0.1, 0.15) is 5.75 Å². The Morgan fingerprint density at radius 2 is 2.00 bits per heavy atom. The summed E-state index contributed by atoms with van der Waals surface area (Å²) >= 11 is 1.59. The third-order valence-electron chi connectivity index (χ3n) is 3.15. The van der Waals surface area contributed by atoms with Crippen LogP contribution in [0.15, 0.2) is 28.2 Å². The number of thioether (sulfide) groups is 1. The van der Waals surface area contributed by atoms with Gasteiger partial charge in [0.15, 0.2) is 5.16 Å². The van der Waals surface area contributed by atoms with Gasteiger partial charge in [0.25, 0.3) is 0 Å². The zero-order valence-electron chi connectivity index (χ0n) is 13.4. The van der Waals surface area contributed by atoms with Crippen LogP contribution in [-0.2, 0) is 6.54 Å². The smallest absolute Gasteiger partial charge is 0.343 e. The second-order valence-electron chi connectivity index (χ2n) is 5.34. The summed E-state index contributed by atoms with van der Waals surface area (Å²) in [4.78, 5) is 11.6. The van der Waals surface area contributed by atoms with Gasteiger partial charge in [-0.2, -0.15) is 0 Å². The Bertz CT molecular complexity index is 643. The Morgan fingerprint density at radius 1 is 1.27 bits per heavy atom. The van der Waals surface area contributed by atoms with Crippen molar-refractivity contribution in [1.29, 1.82) is 0 Å². The van der Waals surface area contributed by atoms with Crippen LogP contribution >= 0.6 is 11.8 Å². The van der Waals surface area contributed by atoms with Gasteiger partial charge < -0.3 is 4.74 Å². The van der Waals surface area contributed by atoms with Gasteiger partial charge in [-0.3, -0.25) is 4.57 Å². The van der Waals surface area contributed by atoms with Gasteiger partial charge in [-0.05, 0) is 49.9 Å². The molecule has 0 aliphatic rings. The molecule has 2 rings (SSSR count). The Balaban J connectivity index is 1.77. The van der Waals surface area contributed by atoms with E-state index < -0.39 is 0 Å². The summed E-state index contributed by atoms with van der Waals surface area (Å²) in [6.07, 6.45) is 1.83. The topological polar surface area (TPSA) is 59.9 Å². The molecule has 0 aliphatic carbocycles. The molecule has 0 atom stereocenters. The fraction of sp³-hybridized carbons (Fsp3) is 0.500. The maximum atomic E-state index is 11.6. The lowest BCUT2D eigenvalue weighted by molar-refractivity contribution is 0.318. The Labute approximate surface area is 135 Å². The maximum absolute atomic E-state index is 11.6. The van der Waals surface area contributed by atoms with Gasteiger partial charge in [0, 0.05) is 12.3 Å². The molecule has 0 unspecified atom stereocenters. The van der Waals surface area contributed by atoms with Crippen molar-refractivity contribution >= 4 is 11.8 Å². The van der Waals surface area contributed by atoms with Crippen LogP contribution in [0.25, 0.3) is 0 Å². The monoisotopic (exact) mass is 321 g/mol. The molecule has 0 saturated heterocycles. The van der Waals surface area contributed by atoms with Gasteiger partial charge in [0.05, 0.1) is 6.61 Å². The highest BCUT2D eigenvalue weighted by molar-refractivity contribution is 7.99. The van der Waals surface area contributed by atoms with Gasteiger partial charge >= 0.3 is 5.69 Å². The minimum absolute atomic E-state index is 0.129. The lowest BCUT2D eigenvalue weighted by Crippen LogP contribution is -2.17. The maximum Gasteiger partial charge on any atom is 0.343 e. The second-order valence-corrected chi connectivity index (χ2v) is 6.40. The van der Waals surface area contributed by atoms with Crippen molar-refractivity contribution < 1.29 is 4.74 Å². The van der Waals surface area contributed by atoms with Crippen molar-refractivity contribution in [3.05, 3.63) is 39.8 Å². The van der Waals surface area contributed by atoms with Crippen molar-refractivity contribution in [2.24, 2.45) is 0 Å². The number of aryl methyl sites for hydroxylation is 2. The number of benzene rings is 1. The predicted octanol–water partition coefficient (Wildman–Crippen LogP) is 3.16. The summed E-state index contributed by atoms with van der Waals surface area (Å²) < 4.78 is 7.47. The van der Waals surface area contributed by atoms with E-state index in [0.29, 0.717) is 13.2 Å². The number of hydrogen-bond acceptors (Lipinski definition) is 4. The highest BCUT2D eigenvalue weighted by Gasteiger charge is 2.07. The van der Waals surface area contributed by atoms with E-state index in [0.717, 1.165) is 29.5 Å². The van der Waals surface area contributed by atoms with E-state index in [9.17, 15) is 4.79 Å². The van der Waals surface area contributed by atoms with Crippen LogP contribution in [-0.4, -0.2) is 27.1 Å². The zero-order valence-corrected chi connectivity index (χ0v) is 14.2. The van der Waals surface area contributed by atoms with E-state index in [4.69, 9.17) is 4.74 Å². The molecular formula is C16H23N3O2S. The van der Waals surface area contributed by atoms with E-state index >= 15 is 0 Å². The summed E-state index contributed by atoms with van der Waals surface area (Å²) in [6, 6.07) is 6.23. The lowest BCUT2D eigenvalue weighted by Gasteiger charge is -2.08. The fourth-order valence-electron chi connectivity index (χ4n) is 2.26. The van der Waals surface area contributed by atoms with Crippen LogP contribution in [0.4, 0.5) is 0 Å². The Kier molecular flexibility index (Phi) is 6.12. The van der Waals surface area contributed by atoms with Crippen LogP contribution in [0, 0.1) is 13.8 Å². The van der Waals surface area contributed by atoms with E-state index in [1.807, 2.05) is 19.1 Å². The zero-order chi connectivity index (χ0) is 15.9. The molecule has 1 aromatic carbocycles. The standard InChI is InChI=1S/C16H23N3O2S/c1-4-6-19-15(20)17-18-16(19)22-8-5-7-21-14-10-12(2)9-13(3)11-14/h9-11H,4-8H2,1-3H3,(H,17,20). The molecule has 0 aliphatic heterocycles. The molecule has 0 amide bonds. The number of aromatic amines is 1. The van der Waals surface area contributed by atoms with Crippen molar-refractivity contribution in [3.8, 4) is 5.75 Å². The van der Waals surface area contributed by atoms with Gasteiger partial charge in [0.2, 0.25) is 0 Å². The molecule has 0 saturated carbocycles. The number of rotatable bonds is 8. The summed E-state index contributed by atoms with van der Waals surface area (Å²) in [7, 11) is 0. The molecule has 0 radical (unpaired) electrons. The molecule has 22 heavy (non-hydrogen) atoms. The van der Waals surface area contributed by atoms with E-state index in [2.05, 4.69) is 30.1 Å². The molecule has 2 aromatic rings. The first-order valence-corrected chi connectivity index (χ1v) is 8.58. The molecule has 0 fully saturated rings. The number of nitrogens with one attached hydrogen (secondary N) is 1. The van der Waals surface area contributed by atoms with Crippen LogP contribution in [0.2, 0.25) is 0 Å². The number of aromatic nitrogens is 3. The van der Waals surface area contributed by atoms with Gasteiger partial charge in [-0.15, -0.1) is 5.10 Å². The number of nitrogens with zero attached hydrogens (tertiary/aromatic N) is 2. The quantitative estimate of drug-likeness (QED) is 0.599. The average Bonchev–Trinajstić information content (AvgIpc) is 2.79. The van der Waals surface area contributed by atoms with Crippen LogP contribution in [0.5, 0.6) is 5.75 Å². The van der Waals surface area contributed by atoms with Crippen molar-refractivity contribution in [2.75, 3.05) is 12.4 Å². The lowest BCUT2D eigenvalue weighted by atomic mass is 10.1. The fourth-order valence-corrected chi connectivity index (χ4v) is 3.15. The highest BCUT2D eigenvalue weighted by atomic mass is 32.2. The molecule has 0 bridgehead atoms. The normalized spacial score (nSPS) is 10.9. The summed E-state index contributed by atoms with van der Waals surface area (Å²) in [5.74, 6) is 1.80. The number of hydrogen-bond donors (Lipinski definition) is 1. The van der Waals surface area contributed by atoms with Crippen LogP contribution in [0.3, 0.4) is 0 Å². The molecule has 5 nitrogen and oxygen atoms in total. The minimum Gasteiger partial charge on any atom is -0.494 e. The SMILES string of the molecule is CCCn1c(SCCCOc2cc(C)cc(C)c2)n[nH]c1=O. The molecular weight excluding hydrogens is 298 g/mol. The van der Waals surface area contributed by atoms with Crippen molar-refractivity contribution in [3.63, 3.8) is 0 Å². The largest absolute Gasteiger partial charge is 0.494 e. The molecule has 1 aromatic heterocycles.